The molecule has 0 aliphatic rings. The monoisotopic (exact) mass is 207 g/mol. The van der Waals surface area contributed by atoms with Crippen molar-refractivity contribution in [3.63, 3.8) is 0 Å². The van der Waals surface area contributed by atoms with Gasteiger partial charge >= 0.3 is 6.09 Å². The summed E-state index contributed by atoms with van der Waals surface area (Å²) in [5.41, 5.74) is 0. The molecule has 1 unspecified atom stereocenters. The van der Waals surface area contributed by atoms with Crippen molar-refractivity contribution < 1.29 is 24.1 Å². The average Bonchev–Trinajstić information content (AvgIpc) is 2.15. The second-order valence-corrected chi connectivity index (χ2v) is 2.62. The van der Waals surface area contributed by atoms with Crippen molar-refractivity contribution in [3.8, 4) is 0 Å². The number of hydrogen-bond acceptors (Lipinski definition) is 4. The highest BCUT2D eigenvalue weighted by molar-refractivity contribution is 5.64. The third kappa shape index (κ3) is 7.78. The second-order valence-electron chi connectivity index (χ2n) is 2.62. The lowest BCUT2D eigenvalue weighted by Crippen LogP contribution is -2.28. The Morgan fingerprint density at radius 2 is 2.14 bits per heavy atom. The van der Waals surface area contributed by atoms with Crippen LogP contribution >= 0.6 is 0 Å². The summed E-state index contributed by atoms with van der Waals surface area (Å²) in [5, 5.41) is 10.4. The summed E-state index contributed by atoms with van der Waals surface area (Å²) >= 11 is 0. The fourth-order valence-corrected chi connectivity index (χ4v) is 0.815. The van der Waals surface area contributed by atoms with Gasteiger partial charge in [-0.1, -0.05) is 0 Å². The summed E-state index contributed by atoms with van der Waals surface area (Å²) in [6, 6.07) is 0. The van der Waals surface area contributed by atoms with Gasteiger partial charge in [0.1, 0.15) is 6.10 Å². The molecule has 0 spiro atoms. The van der Waals surface area contributed by atoms with Crippen LogP contribution in [-0.2, 0) is 14.2 Å². The first-order chi connectivity index (χ1) is 6.70. The molecule has 0 rings (SSSR count). The van der Waals surface area contributed by atoms with E-state index in [0.29, 0.717) is 19.8 Å². The maximum atomic E-state index is 10.0. The molecule has 2 N–H and O–H groups in total. The quantitative estimate of drug-likeness (QED) is 0.545. The number of hydrogen-bond donors (Lipinski definition) is 2. The van der Waals surface area contributed by atoms with Gasteiger partial charge in [-0.25, -0.2) is 4.79 Å². The van der Waals surface area contributed by atoms with Crippen LogP contribution < -0.4 is 5.32 Å². The molecule has 6 nitrogen and oxygen atoms in total. The van der Waals surface area contributed by atoms with E-state index in [9.17, 15) is 4.79 Å². The molecule has 84 valence electrons. The Kier molecular flexibility index (Phi) is 8.20. The fraction of sp³-hybridized carbons (Fsp3) is 0.875. The summed E-state index contributed by atoms with van der Waals surface area (Å²) in [5.74, 6) is 0. The number of ether oxygens (including phenoxy) is 3. The first kappa shape index (κ1) is 13.2. The molecular formula is C8H17NO5. The zero-order valence-electron chi connectivity index (χ0n) is 8.49. The zero-order chi connectivity index (χ0) is 10.8. The minimum Gasteiger partial charge on any atom is -0.465 e. The van der Waals surface area contributed by atoms with Gasteiger partial charge in [-0.3, -0.25) is 0 Å². The predicted molar refractivity (Wildman–Crippen MR) is 49.5 cm³/mol. The summed E-state index contributed by atoms with van der Waals surface area (Å²) in [4.78, 5) is 10.0. The average molecular weight is 207 g/mol. The molecule has 0 aromatic carbocycles. The highest BCUT2D eigenvalue weighted by Crippen LogP contribution is 1.91. The highest BCUT2D eigenvalue weighted by Gasteiger charge is 2.06. The van der Waals surface area contributed by atoms with Crippen molar-refractivity contribution >= 4 is 6.09 Å². The Bertz CT molecular complexity index is 153. The molecule has 0 aliphatic heterocycles. The van der Waals surface area contributed by atoms with E-state index in [0.717, 1.165) is 0 Å². The Hall–Kier alpha value is -0.850. The van der Waals surface area contributed by atoms with Gasteiger partial charge in [-0.15, -0.1) is 0 Å². The number of rotatable bonds is 8. The normalized spacial score (nSPS) is 12.4. The van der Waals surface area contributed by atoms with E-state index in [2.05, 4.69) is 5.32 Å². The number of carbonyl (C=O) groups is 1. The van der Waals surface area contributed by atoms with E-state index in [-0.39, 0.29) is 12.6 Å². The van der Waals surface area contributed by atoms with Gasteiger partial charge in [0.15, 0.2) is 0 Å². The third-order valence-corrected chi connectivity index (χ3v) is 1.51. The van der Waals surface area contributed by atoms with Gasteiger partial charge in [0.05, 0.1) is 19.8 Å². The Morgan fingerprint density at radius 3 is 2.64 bits per heavy atom. The molecule has 0 heterocycles. The smallest absolute Gasteiger partial charge is 0.404 e. The third-order valence-electron chi connectivity index (χ3n) is 1.51. The molecule has 0 aliphatic carbocycles. The van der Waals surface area contributed by atoms with Gasteiger partial charge in [0.25, 0.3) is 0 Å². The molecule has 0 saturated carbocycles. The molecule has 0 saturated heterocycles. The Labute approximate surface area is 83.1 Å². The first-order valence-electron chi connectivity index (χ1n) is 4.27. The predicted octanol–water partition coefficient (Wildman–Crippen LogP) is -0.0680. The van der Waals surface area contributed by atoms with Gasteiger partial charge in [-0.05, 0) is 0 Å². The molecule has 0 fully saturated rings. The molecule has 0 bridgehead atoms. The minimum atomic E-state index is -1.05. The summed E-state index contributed by atoms with van der Waals surface area (Å²) in [6.45, 7) is 1.46. The van der Waals surface area contributed by atoms with Crippen LogP contribution in [-0.4, -0.2) is 57.9 Å². The lowest BCUT2D eigenvalue weighted by atomic mass is 10.4. The largest absolute Gasteiger partial charge is 0.465 e. The van der Waals surface area contributed by atoms with Crippen molar-refractivity contribution in [1.82, 2.24) is 5.32 Å². The van der Waals surface area contributed by atoms with Gasteiger partial charge in [0, 0.05) is 20.8 Å². The Morgan fingerprint density at radius 1 is 1.43 bits per heavy atom. The second kappa shape index (κ2) is 8.74. The molecule has 0 aromatic rings. The number of nitrogens with one attached hydrogen (secondary N) is 1. The topological polar surface area (TPSA) is 77.0 Å². The molecule has 0 aromatic heterocycles. The summed E-state index contributed by atoms with van der Waals surface area (Å²) in [6.07, 6.45) is -1.15. The lowest BCUT2D eigenvalue weighted by molar-refractivity contribution is -0.0293. The maximum absolute atomic E-state index is 10.0. The van der Waals surface area contributed by atoms with E-state index < -0.39 is 6.09 Å². The Balaban J connectivity index is 3.28. The number of methoxy groups -OCH3 is 2. The minimum absolute atomic E-state index is 0.107. The van der Waals surface area contributed by atoms with Crippen LogP contribution in [0.2, 0.25) is 0 Å². The van der Waals surface area contributed by atoms with Crippen molar-refractivity contribution in [3.05, 3.63) is 0 Å². The lowest BCUT2D eigenvalue weighted by Gasteiger charge is -2.14. The van der Waals surface area contributed by atoms with Gasteiger partial charge in [0.2, 0.25) is 0 Å². The van der Waals surface area contributed by atoms with Crippen LogP contribution in [0.25, 0.3) is 0 Å². The highest BCUT2D eigenvalue weighted by atomic mass is 16.5. The van der Waals surface area contributed by atoms with Gasteiger partial charge in [-0.2, -0.15) is 0 Å². The van der Waals surface area contributed by atoms with E-state index in [1.54, 1.807) is 14.2 Å². The van der Waals surface area contributed by atoms with Gasteiger partial charge < -0.3 is 24.6 Å². The standard InChI is InChI=1S/C8H17NO5/c1-12-5-7(13-2)6-14-4-3-9-8(10)11/h7,9H,3-6H2,1-2H3,(H,10,11). The molecule has 14 heavy (non-hydrogen) atoms. The van der Waals surface area contributed by atoms with Crippen molar-refractivity contribution in [2.45, 2.75) is 6.10 Å². The molecule has 1 amide bonds. The van der Waals surface area contributed by atoms with Crippen LogP contribution in [0.3, 0.4) is 0 Å². The van der Waals surface area contributed by atoms with E-state index in [1.165, 1.54) is 0 Å². The molecule has 6 heteroatoms. The van der Waals surface area contributed by atoms with Crippen LogP contribution in [0.5, 0.6) is 0 Å². The SMILES string of the molecule is COCC(COCCNC(=O)O)OC. The first-order valence-corrected chi connectivity index (χ1v) is 4.27. The van der Waals surface area contributed by atoms with Crippen molar-refractivity contribution in [1.29, 1.82) is 0 Å². The van der Waals surface area contributed by atoms with Crippen LogP contribution in [0.4, 0.5) is 4.79 Å². The van der Waals surface area contributed by atoms with Crippen molar-refractivity contribution in [2.75, 3.05) is 40.6 Å². The van der Waals surface area contributed by atoms with Crippen LogP contribution in [0.1, 0.15) is 0 Å². The number of amides is 1. The molecule has 0 radical (unpaired) electrons. The maximum Gasteiger partial charge on any atom is 0.404 e. The summed E-state index contributed by atoms with van der Waals surface area (Å²) < 4.78 is 15.1. The molecule has 1 atom stereocenters. The fourth-order valence-electron chi connectivity index (χ4n) is 0.815. The van der Waals surface area contributed by atoms with E-state index in [1.807, 2.05) is 0 Å². The van der Waals surface area contributed by atoms with Crippen molar-refractivity contribution in [2.24, 2.45) is 0 Å². The number of carboxylic acid groups (broad SMARTS) is 1. The van der Waals surface area contributed by atoms with Crippen LogP contribution in [0, 0.1) is 0 Å². The van der Waals surface area contributed by atoms with E-state index in [4.69, 9.17) is 19.3 Å². The molecular weight excluding hydrogens is 190 g/mol. The van der Waals surface area contributed by atoms with Crippen LogP contribution in [0.15, 0.2) is 0 Å². The zero-order valence-corrected chi connectivity index (χ0v) is 8.49. The summed E-state index contributed by atoms with van der Waals surface area (Å²) in [7, 11) is 3.15. The van der Waals surface area contributed by atoms with E-state index >= 15 is 0 Å².